The fourth-order valence-corrected chi connectivity index (χ4v) is 4.58. The number of nitrogens with one attached hydrogen (secondary N) is 2. The molecule has 1 amide bonds. The van der Waals surface area contributed by atoms with Crippen LogP contribution in [0.15, 0.2) is 79.0 Å². The zero-order chi connectivity index (χ0) is 24.3. The molecule has 4 aromatic rings. The number of amides is 1. The van der Waals surface area contributed by atoms with Crippen LogP contribution in [0.2, 0.25) is 0 Å². The molecule has 0 radical (unpaired) electrons. The van der Waals surface area contributed by atoms with Crippen molar-refractivity contribution < 1.29 is 18.0 Å². The molecule has 0 saturated heterocycles. The van der Waals surface area contributed by atoms with Crippen LogP contribution in [0, 0.1) is 0 Å². The molecule has 3 nitrogen and oxygen atoms in total. The second-order valence-corrected chi connectivity index (χ2v) is 8.48. The maximum absolute atomic E-state index is 13.9. The summed E-state index contributed by atoms with van der Waals surface area (Å²) in [5.74, 6) is -1.07. The van der Waals surface area contributed by atoms with Gasteiger partial charge in [0.15, 0.2) is 0 Å². The highest BCUT2D eigenvalue weighted by Gasteiger charge is 2.36. The Morgan fingerprint density at radius 3 is 2.35 bits per heavy atom. The third-order valence-corrected chi connectivity index (χ3v) is 6.30. The second-order valence-electron chi connectivity index (χ2n) is 8.48. The van der Waals surface area contributed by atoms with Gasteiger partial charge in [-0.3, -0.25) is 4.79 Å². The lowest BCUT2D eigenvalue weighted by molar-refractivity contribution is -0.138. The summed E-state index contributed by atoms with van der Waals surface area (Å²) >= 11 is 0. The van der Waals surface area contributed by atoms with Crippen LogP contribution in [-0.4, -0.2) is 10.9 Å². The molecule has 2 N–H and O–H groups in total. The van der Waals surface area contributed by atoms with Crippen molar-refractivity contribution in [2.75, 3.05) is 0 Å². The van der Waals surface area contributed by atoms with Crippen molar-refractivity contribution in [2.24, 2.45) is 0 Å². The van der Waals surface area contributed by atoms with Gasteiger partial charge in [0, 0.05) is 29.4 Å². The average Bonchev–Trinajstić information content (AvgIpc) is 3.26. The first-order valence-electron chi connectivity index (χ1n) is 11.4. The van der Waals surface area contributed by atoms with Gasteiger partial charge in [0.1, 0.15) is 0 Å². The van der Waals surface area contributed by atoms with Gasteiger partial charge >= 0.3 is 6.18 Å². The smallest absolute Gasteiger partial charge is 0.361 e. The SMILES string of the molecule is CCc1cccc2c([C@@H](CC(=O)N[C@H](C)c3ccccc3)c3ccccc3C(F)(F)F)c[nH]c12. The number of halogens is 3. The van der Waals surface area contributed by atoms with Crippen LogP contribution in [0.5, 0.6) is 0 Å². The number of rotatable bonds is 7. The summed E-state index contributed by atoms with van der Waals surface area (Å²) < 4.78 is 41.8. The summed E-state index contributed by atoms with van der Waals surface area (Å²) in [6.45, 7) is 3.90. The summed E-state index contributed by atoms with van der Waals surface area (Å²) in [4.78, 5) is 16.4. The summed E-state index contributed by atoms with van der Waals surface area (Å²) in [6.07, 6.45) is -2.09. The van der Waals surface area contributed by atoms with E-state index in [1.54, 1.807) is 12.3 Å². The molecule has 0 aliphatic rings. The molecule has 0 bridgehead atoms. The van der Waals surface area contributed by atoms with Crippen molar-refractivity contribution in [2.45, 2.75) is 44.8 Å². The van der Waals surface area contributed by atoms with E-state index < -0.39 is 17.7 Å². The summed E-state index contributed by atoms with van der Waals surface area (Å²) in [7, 11) is 0. The fraction of sp³-hybridized carbons (Fsp3) is 0.250. The van der Waals surface area contributed by atoms with E-state index in [4.69, 9.17) is 0 Å². The standard InChI is InChI=1S/C28H27F3N2O/c1-3-19-12-9-14-22-24(17-32-27(19)22)23(21-13-7-8-15-25(21)28(29,30)31)16-26(34)33-18(2)20-10-5-4-6-11-20/h4-15,17-18,23,32H,3,16H2,1-2H3,(H,33,34)/t18-,23+/m1/s1. The molecule has 0 saturated carbocycles. The van der Waals surface area contributed by atoms with E-state index in [-0.39, 0.29) is 23.9 Å². The second kappa shape index (κ2) is 9.75. The van der Waals surface area contributed by atoms with E-state index in [9.17, 15) is 18.0 Å². The van der Waals surface area contributed by atoms with E-state index in [1.165, 1.54) is 12.1 Å². The van der Waals surface area contributed by atoms with Crippen LogP contribution in [0.1, 0.15) is 60.0 Å². The highest BCUT2D eigenvalue weighted by Crippen LogP contribution is 2.41. The van der Waals surface area contributed by atoms with Gasteiger partial charge in [-0.15, -0.1) is 0 Å². The van der Waals surface area contributed by atoms with Gasteiger partial charge in [0.25, 0.3) is 0 Å². The normalized spacial score (nSPS) is 13.6. The molecule has 0 aliphatic heterocycles. The minimum atomic E-state index is -4.52. The van der Waals surface area contributed by atoms with Gasteiger partial charge in [-0.2, -0.15) is 13.2 Å². The molecule has 1 heterocycles. The number of fused-ring (bicyclic) bond motifs is 1. The lowest BCUT2D eigenvalue weighted by atomic mass is 9.84. The van der Waals surface area contributed by atoms with E-state index in [1.807, 2.05) is 62.4 Å². The molecule has 0 fully saturated rings. The Balaban J connectivity index is 1.75. The Kier molecular flexibility index (Phi) is 6.77. The molecule has 0 aliphatic carbocycles. The third-order valence-electron chi connectivity index (χ3n) is 6.30. The first kappa shape index (κ1) is 23.6. The Bertz CT molecular complexity index is 1280. The van der Waals surface area contributed by atoms with E-state index in [2.05, 4.69) is 10.3 Å². The monoisotopic (exact) mass is 464 g/mol. The molecule has 0 spiro atoms. The largest absolute Gasteiger partial charge is 0.416 e. The number of hydrogen-bond donors (Lipinski definition) is 2. The first-order valence-corrected chi connectivity index (χ1v) is 11.4. The van der Waals surface area contributed by atoms with E-state index >= 15 is 0 Å². The molecule has 176 valence electrons. The maximum atomic E-state index is 13.9. The van der Waals surface area contributed by atoms with Crippen LogP contribution >= 0.6 is 0 Å². The zero-order valence-electron chi connectivity index (χ0n) is 19.1. The molecule has 4 rings (SSSR count). The van der Waals surface area contributed by atoms with Gasteiger partial charge < -0.3 is 10.3 Å². The maximum Gasteiger partial charge on any atom is 0.416 e. The van der Waals surface area contributed by atoms with Crippen LogP contribution < -0.4 is 5.32 Å². The predicted molar refractivity (Wildman–Crippen MR) is 129 cm³/mol. The highest BCUT2D eigenvalue weighted by molar-refractivity contribution is 5.88. The van der Waals surface area contributed by atoms with Crippen LogP contribution in [0.25, 0.3) is 10.9 Å². The molecular formula is C28H27F3N2O. The number of para-hydroxylation sites is 1. The Morgan fingerprint density at radius 1 is 0.941 bits per heavy atom. The topological polar surface area (TPSA) is 44.9 Å². The number of H-pyrrole nitrogens is 1. The van der Waals surface area contributed by atoms with Crippen molar-refractivity contribution in [1.82, 2.24) is 10.3 Å². The van der Waals surface area contributed by atoms with Crippen LogP contribution in [-0.2, 0) is 17.4 Å². The number of hydrogen-bond acceptors (Lipinski definition) is 1. The first-order chi connectivity index (χ1) is 16.3. The van der Waals surface area contributed by atoms with Crippen molar-refractivity contribution in [3.63, 3.8) is 0 Å². The number of carbonyl (C=O) groups excluding carboxylic acids is 1. The summed E-state index contributed by atoms with van der Waals surface area (Å²) in [5, 5.41) is 3.79. The molecule has 34 heavy (non-hydrogen) atoms. The van der Waals surface area contributed by atoms with Crippen LogP contribution in [0.4, 0.5) is 13.2 Å². The quantitative estimate of drug-likeness (QED) is 0.300. The lowest BCUT2D eigenvalue weighted by Crippen LogP contribution is -2.28. The molecular weight excluding hydrogens is 437 g/mol. The van der Waals surface area contributed by atoms with Gasteiger partial charge in [-0.05, 0) is 41.7 Å². The van der Waals surface area contributed by atoms with Crippen LogP contribution in [0.3, 0.4) is 0 Å². The Labute approximate surface area is 197 Å². The van der Waals surface area contributed by atoms with Gasteiger partial charge in [-0.1, -0.05) is 73.7 Å². The highest BCUT2D eigenvalue weighted by atomic mass is 19.4. The third kappa shape index (κ3) is 4.86. The summed E-state index contributed by atoms with van der Waals surface area (Å²) in [6, 6.07) is 20.6. The number of aromatic amines is 1. The van der Waals surface area contributed by atoms with E-state index in [0.29, 0.717) is 5.56 Å². The van der Waals surface area contributed by atoms with Gasteiger partial charge in [-0.25, -0.2) is 0 Å². The molecule has 2 atom stereocenters. The zero-order valence-corrected chi connectivity index (χ0v) is 19.1. The lowest BCUT2D eigenvalue weighted by Gasteiger charge is -2.23. The van der Waals surface area contributed by atoms with Gasteiger partial charge in [0.2, 0.25) is 5.91 Å². The number of aromatic nitrogens is 1. The average molecular weight is 465 g/mol. The molecule has 3 aromatic carbocycles. The number of aryl methyl sites for hydroxylation is 1. The van der Waals surface area contributed by atoms with Crippen molar-refractivity contribution in [3.05, 3.63) is 107 Å². The Hall–Kier alpha value is -3.54. The Morgan fingerprint density at radius 2 is 1.65 bits per heavy atom. The van der Waals surface area contributed by atoms with Crippen molar-refractivity contribution in [3.8, 4) is 0 Å². The van der Waals surface area contributed by atoms with E-state index in [0.717, 1.165) is 34.5 Å². The number of benzene rings is 3. The van der Waals surface area contributed by atoms with Crippen molar-refractivity contribution >= 4 is 16.8 Å². The summed E-state index contributed by atoms with van der Waals surface area (Å²) in [5.41, 5.74) is 2.97. The fourth-order valence-electron chi connectivity index (χ4n) is 4.58. The number of carbonyl (C=O) groups is 1. The number of alkyl halides is 3. The minimum Gasteiger partial charge on any atom is -0.361 e. The molecule has 6 heteroatoms. The molecule has 1 aromatic heterocycles. The van der Waals surface area contributed by atoms with Gasteiger partial charge in [0.05, 0.1) is 11.6 Å². The molecule has 0 unspecified atom stereocenters. The van der Waals surface area contributed by atoms with Crippen molar-refractivity contribution in [1.29, 1.82) is 0 Å². The minimum absolute atomic E-state index is 0.0975. The predicted octanol–water partition coefficient (Wildman–Crippen LogP) is 7.15.